The molecule has 0 radical (unpaired) electrons. The fourth-order valence-corrected chi connectivity index (χ4v) is 8.13. The third-order valence-corrected chi connectivity index (χ3v) is 9.81. The lowest BCUT2D eigenvalue weighted by molar-refractivity contribution is -0.157. The number of carbonyl (C=O) groups is 2. The molecule has 1 N–H and O–H groups in total. The van der Waals surface area contributed by atoms with E-state index in [1.54, 1.807) is 24.5 Å². The monoisotopic (exact) mass is 409 g/mol. The molecule has 1 aromatic rings. The molecule has 0 bridgehead atoms. The van der Waals surface area contributed by atoms with Crippen molar-refractivity contribution in [1.29, 1.82) is 0 Å². The van der Waals surface area contributed by atoms with E-state index in [0.717, 1.165) is 25.2 Å². The number of carbonyl (C=O) groups excluding carboxylic acids is 2. The average Bonchev–Trinajstić information content (AvgIpc) is 3.08. The second-order valence-corrected chi connectivity index (χ2v) is 10.9. The van der Waals surface area contributed by atoms with Gasteiger partial charge in [-0.2, -0.15) is 0 Å². The maximum Gasteiger partial charge on any atom is 0.251 e. The van der Waals surface area contributed by atoms with Crippen LogP contribution >= 0.6 is 0 Å². The Labute approximate surface area is 180 Å². The number of nitrogens with one attached hydrogen (secondary N) is 1. The van der Waals surface area contributed by atoms with Crippen LogP contribution in [0.2, 0.25) is 0 Å². The fourth-order valence-electron chi connectivity index (χ4n) is 8.13. The summed E-state index contributed by atoms with van der Waals surface area (Å²) in [4.78, 5) is 31.3. The van der Waals surface area contributed by atoms with Gasteiger partial charge in [0.05, 0.1) is 0 Å². The van der Waals surface area contributed by atoms with E-state index in [1.807, 2.05) is 7.05 Å². The van der Waals surface area contributed by atoms with E-state index in [2.05, 4.69) is 29.0 Å². The second-order valence-electron chi connectivity index (χ2n) is 10.9. The highest BCUT2D eigenvalue weighted by atomic mass is 16.2. The molecule has 4 fully saturated rings. The highest BCUT2D eigenvalue weighted by Gasteiger charge is 2.61. The predicted molar refractivity (Wildman–Crippen MR) is 116 cm³/mol. The van der Waals surface area contributed by atoms with Crippen molar-refractivity contribution in [3.63, 3.8) is 0 Å². The molecule has 2 unspecified atom stereocenters. The van der Waals surface area contributed by atoms with Crippen LogP contribution in [0.1, 0.15) is 75.6 Å². The van der Waals surface area contributed by atoms with Crippen LogP contribution in [0, 0.1) is 28.6 Å². The Kier molecular flexibility index (Phi) is 4.71. The quantitative estimate of drug-likeness (QED) is 0.802. The summed E-state index contributed by atoms with van der Waals surface area (Å²) >= 11 is 0. The lowest BCUT2D eigenvalue weighted by Crippen LogP contribution is -2.62. The maximum atomic E-state index is 12.8. The minimum absolute atomic E-state index is 0.0366. The van der Waals surface area contributed by atoms with Crippen LogP contribution in [0.25, 0.3) is 0 Å². The van der Waals surface area contributed by atoms with Crippen LogP contribution in [-0.4, -0.2) is 40.8 Å². The van der Waals surface area contributed by atoms with Crippen LogP contribution < -0.4 is 5.32 Å². The normalized spacial score (nSPS) is 42.8. The van der Waals surface area contributed by atoms with Crippen LogP contribution in [0.5, 0.6) is 0 Å². The van der Waals surface area contributed by atoms with Gasteiger partial charge in [-0.1, -0.05) is 13.8 Å². The Balaban J connectivity index is 1.35. The third-order valence-electron chi connectivity index (χ3n) is 9.81. The van der Waals surface area contributed by atoms with Crippen molar-refractivity contribution >= 4 is 11.8 Å². The van der Waals surface area contributed by atoms with Gasteiger partial charge >= 0.3 is 0 Å². The Morgan fingerprint density at radius 3 is 2.53 bits per heavy atom. The second kappa shape index (κ2) is 7.06. The van der Waals surface area contributed by atoms with Crippen LogP contribution in [0.4, 0.5) is 0 Å². The smallest absolute Gasteiger partial charge is 0.251 e. The molecule has 2 heterocycles. The molecule has 4 aliphatic rings. The predicted octanol–water partition coefficient (Wildman–Crippen LogP) is 4.04. The molecular formula is C25H35N3O2. The van der Waals surface area contributed by atoms with Crippen molar-refractivity contribution in [2.45, 2.75) is 77.3 Å². The van der Waals surface area contributed by atoms with Crippen molar-refractivity contribution in [2.75, 3.05) is 7.05 Å². The van der Waals surface area contributed by atoms with Gasteiger partial charge in [-0.25, -0.2) is 0 Å². The molecule has 5 heteroatoms. The summed E-state index contributed by atoms with van der Waals surface area (Å²) in [7, 11) is 2.03. The lowest BCUT2D eigenvalue weighted by atomic mass is 9.47. The summed E-state index contributed by atoms with van der Waals surface area (Å²) < 4.78 is 0. The number of fused-ring (bicyclic) bond motifs is 5. The molecule has 162 valence electrons. The molecular weight excluding hydrogens is 374 g/mol. The SMILES string of the molecule is CN1C(=O)CC[C@@]2(C)C1CC[C@@H]1[C@H]2CC[C@]2(C)C(NC(=O)c3ccncc3)CC[C@@H]12. The number of pyridine rings is 1. The third kappa shape index (κ3) is 2.84. The summed E-state index contributed by atoms with van der Waals surface area (Å²) in [5, 5.41) is 3.39. The Morgan fingerprint density at radius 2 is 1.77 bits per heavy atom. The molecule has 5 rings (SSSR count). The molecule has 1 saturated heterocycles. The minimum Gasteiger partial charge on any atom is -0.349 e. The highest BCUT2D eigenvalue weighted by Crippen LogP contribution is 2.64. The van der Waals surface area contributed by atoms with Gasteiger partial charge in [0.1, 0.15) is 0 Å². The highest BCUT2D eigenvalue weighted by molar-refractivity contribution is 5.94. The van der Waals surface area contributed by atoms with Crippen molar-refractivity contribution in [2.24, 2.45) is 28.6 Å². The van der Waals surface area contributed by atoms with Gasteiger partial charge in [-0.15, -0.1) is 0 Å². The van der Waals surface area contributed by atoms with Crippen molar-refractivity contribution in [3.8, 4) is 0 Å². The summed E-state index contributed by atoms with van der Waals surface area (Å²) in [6, 6.07) is 4.26. The molecule has 5 nitrogen and oxygen atoms in total. The lowest BCUT2D eigenvalue weighted by Gasteiger charge is -2.61. The summed E-state index contributed by atoms with van der Waals surface area (Å²) in [5.74, 6) is 2.49. The summed E-state index contributed by atoms with van der Waals surface area (Å²) in [5.41, 5.74) is 1.14. The number of hydrogen-bond donors (Lipinski definition) is 1. The molecule has 2 amide bonds. The number of hydrogen-bond acceptors (Lipinski definition) is 3. The van der Waals surface area contributed by atoms with Gasteiger partial charge in [-0.05, 0) is 85.7 Å². The van der Waals surface area contributed by atoms with Gasteiger partial charge in [-0.3, -0.25) is 14.6 Å². The minimum atomic E-state index is 0.0366. The number of likely N-dealkylation sites (tertiary alicyclic amines) is 1. The fraction of sp³-hybridized carbons (Fsp3) is 0.720. The van der Waals surface area contributed by atoms with Crippen molar-refractivity contribution in [3.05, 3.63) is 30.1 Å². The Morgan fingerprint density at radius 1 is 1.03 bits per heavy atom. The average molecular weight is 410 g/mol. The zero-order valence-electron chi connectivity index (χ0n) is 18.6. The van der Waals surface area contributed by atoms with E-state index in [0.29, 0.717) is 35.8 Å². The number of amides is 2. The largest absolute Gasteiger partial charge is 0.349 e. The van der Waals surface area contributed by atoms with E-state index in [-0.39, 0.29) is 22.8 Å². The van der Waals surface area contributed by atoms with Crippen molar-refractivity contribution < 1.29 is 9.59 Å². The zero-order valence-corrected chi connectivity index (χ0v) is 18.6. The Bertz CT molecular complexity index is 842. The van der Waals surface area contributed by atoms with Crippen LogP contribution in [0.15, 0.2) is 24.5 Å². The molecule has 1 aromatic heterocycles. The number of nitrogens with zero attached hydrogens (tertiary/aromatic N) is 2. The summed E-state index contributed by atoms with van der Waals surface area (Å²) in [6.45, 7) is 4.90. The topological polar surface area (TPSA) is 62.3 Å². The number of piperidine rings is 1. The standard InChI is InChI=1S/C25H35N3O2/c1-24-12-8-19-17(4-7-21-25(19,2)13-9-22(29)28(21)3)18(24)5-6-20(24)27-23(30)16-10-14-26-15-11-16/h10-11,14-15,17-21H,4-9,12-13H2,1-3H3,(H,27,30)/t17-,18-,19+,20?,21?,24-,25+/m0/s1. The first kappa shape index (κ1) is 20.0. The Hall–Kier alpha value is -1.91. The van der Waals surface area contributed by atoms with E-state index in [1.165, 1.54) is 25.7 Å². The van der Waals surface area contributed by atoms with E-state index >= 15 is 0 Å². The summed E-state index contributed by atoms with van der Waals surface area (Å²) in [6.07, 6.45) is 12.2. The van der Waals surface area contributed by atoms with Crippen molar-refractivity contribution in [1.82, 2.24) is 15.2 Å². The molecule has 30 heavy (non-hydrogen) atoms. The number of rotatable bonds is 2. The van der Waals surface area contributed by atoms with Crippen LogP contribution in [-0.2, 0) is 4.79 Å². The van der Waals surface area contributed by atoms with Gasteiger partial charge in [0.15, 0.2) is 0 Å². The van der Waals surface area contributed by atoms with E-state index in [4.69, 9.17) is 0 Å². The molecule has 3 aliphatic carbocycles. The maximum absolute atomic E-state index is 12.8. The first-order chi connectivity index (χ1) is 14.3. The number of aromatic nitrogens is 1. The van der Waals surface area contributed by atoms with Gasteiger partial charge in [0.2, 0.25) is 5.91 Å². The van der Waals surface area contributed by atoms with E-state index in [9.17, 15) is 9.59 Å². The molecule has 7 atom stereocenters. The van der Waals surface area contributed by atoms with E-state index < -0.39 is 0 Å². The van der Waals surface area contributed by atoms with Gasteiger partial charge in [0.25, 0.3) is 5.91 Å². The first-order valence-corrected chi connectivity index (χ1v) is 11.8. The first-order valence-electron chi connectivity index (χ1n) is 11.8. The van der Waals surface area contributed by atoms with Gasteiger partial charge in [0, 0.05) is 43.5 Å². The van der Waals surface area contributed by atoms with Crippen LogP contribution in [0.3, 0.4) is 0 Å². The molecule has 0 aromatic carbocycles. The zero-order chi connectivity index (χ0) is 21.1. The molecule has 3 saturated carbocycles. The van der Waals surface area contributed by atoms with Gasteiger partial charge < -0.3 is 10.2 Å². The molecule has 1 aliphatic heterocycles. The molecule has 0 spiro atoms.